The molecule has 0 aliphatic rings. The number of hydrogen-bond donors (Lipinski definition) is 2. The van der Waals surface area contributed by atoms with Crippen molar-refractivity contribution in [1.29, 1.82) is 0 Å². The van der Waals surface area contributed by atoms with Crippen LogP contribution in [0.5, 0.6) is 0 Å². The molecule has 0 spiro atoms. The Morgan fingerprint density at radius 3 is 2.61 bits per heavy atom. The van der Waals surface area contributed by atoms with Crippen molar-refractivity contribution in [2.24, 2.45) is 0 Å². The topological polar surface area (TPSA) is 66.9 Å². The molecule has 1 amide bonds. The third-order valence-corrected chi connectivity index (χ3v) is 4.49. The zero-order valence-electron chi connectivity index (χ0n) is 15.5. The summed E-state index contributed by atoms with van der Waals surface area (Å²) in [5, 5.41) is 7.26. The number of hydrogen-bond acceptors (Lipinski definition) is 4. The molecule has 4 aromatic rings. The van der Waals surface area contributed by atoms with Crippen molar-refractivity contribution in [3.8, 4) is 0 Å². The maximum Gasteiger partial charge on any atom is 0.251 e. The van der Waals surface area contributed by atoms with Crippen molar-refractivity contribution in [1.82, 2.24) is 15.3 Å². The minimum absolute atomic E-state index is 0.137. The van der Waals surface area contributed by atoms with Crippen LogP contribution in [-0.4, -0.2) is 15.9 Å². The van der Waals surface area contributed by atoms with Gasteiger partial charge in [-0.05, 0) is 36.8 Å². The molecule has 5 heteroatoms. The van der Waals surface area contributed by atoms with E-state index in [1.807, 2.05) is 61.5 Å². The Kier molecular flexibility index (Phi) is 4.97. The summed E-state index contributed by atoms with van der Waals surface area (Å²) in [5.74, 6) is 0.461. The quantitative estimate of drug-likeness (QED) is 0.540. The third kappa shape index (κ3) is 3.99. The Balaban J connectivity index is 1.49. The average Bonchev–Trinajstić information content (AvgIpc) is 2.74. The van der Waals surface area contributed by atoms with Crippen molar-refractivity contribution in [3.05, 3.63) is 95.8 Å². The first-order chi connectivity index (χ1) is 13.7. The highest BCUT2D eigenvalue weighted by Crippen LogP contribution is 2.23. The van der Waals surface area contributed by atoms with Gasteiger partial charge in [0.2, 0.25) is 0 Å². The van der Waals surface area contributed by atoms with Crippen LogP contribution in [0.25, 0.3) is 10.9 Å². The van der Waals surface area contributed by atoms with E-state index in [9.17, 15) is 4.79 Å². The number of nitrogens with zero attached hydrogens (tertiary/aromatic N) is 2. The summed E-state index contributed by atoms with van der Waals surface area (Å²) >= 11 is 0. The molecular formula is C23H20N4O. The van der Waals surface area contributed by atoms with E-state index >= 15 is 0 Å². The predicted octanol–water partition coefficient (Wildman–Crippen LogP) is 4.61. The first kappa shape index (κ1) is 17.7. The van der Waals surface area contributed by atoms with Crippen LogP contribution in [0.3, 0.4) is 0 Å². The molecule has 0 aliphatic heterocycles. The van der Waals surface area contributed by atoms with E-state index in [1.165, 1.54) is 5.56 Å². The number of carbonyl (C=O) groups is 1. The number of rotatable bonds is 5. The molecule has 0 fully saturated rings. The lowest BCUT2D eigenvalue weighted by Crippen LogP contribution is -2.22. The Bertz CT molecular complexity index is 1120. The van der Waals surface area contributed by atoms with E-state index in [2.05, 4.69) is 20.6 Å². The molecule has 0 saturated carbocycles. The number of anilines is 2. The Hall–Kier alpha value is -3.73. The van der Waals surface area contributed by atoms with Crippen LogP contribution >= 0.6 is 0 Å². The Labute approximate surface area is 163 Å². The second-order valence-electron chi connectivity index (χ2n) is 6.60. The molecule has 2 aromatic heterocycles. The van der Waals surface area contributed by atoms with Crippen LogP contribution in [0, 0.1) is 6.92 Å². The van der Waals surface area contributed by atoms with Crippen LogP contribution in [-0.2, 0) is 6.54 Å². The Morgan fingerprint density at radius 1 is 0.929 bits per heavy atom. The normalized spacial score (nSPS) is 10.6. The maximum absolute atomic E-state index is 12.5. The van der Waals surface area contributed by atoms with E-state index in [4.69, 9.17) is 0 Å². The summed E-state index contributed by atoms with van der Waals surface area (Å²) in [6, 6.07) is 21.4. The summed E-state index contributed by atoms with van der Waals surface area (Å²) in [7, 11) is 0. The van der Waals surface area contributed by atoms with Crippen molar-refractivity contribution >= 4 is 28.3 Å². The van der Waals surface area contributed by atoms with Gasteiger partial charge in [-0.1, -0.05) is 48.0 Å². The van der Waals surface area contributed by atoms with Crippen molar-refractivity contribution in [2.75, 3.05) is 5.32 Å². The minimum Gasteiger partial charge on any atom is -0.348 e. The largest absolute Gasteiger partial charge is 0.348 e. The Morgan fingerprint density at radius 2 is 1.75 bits per heavy atom. The molecule has 4 rings (SSSR count). The molecule has 5 nitrogen and oxygen atoms in total. The van der Waals surface area contributed by atoms with Gasteiger partial charge in [0.1, 0.15) is 5.82 Å². The number of carbonyl (C=O) groups excluding carboxylic acids is 1. The highest BCUT2D eigenvalue weighted by atomic mass is 16.1. The highest BCUT2D eigenvalue weighted by molar-refractivity contribution is 5.95. The SMILES string of the molecule is Cc1ccc(CNC(=O)c2ccnc(Nc3cccc4cccnc34)c2)cc1. The van der Waals surface area contributed by atoms with Crippen molar-refractivity contribution in [2.45, 2.75) is 13.5 Å². The summed E-state index contributed by atoms with van der Waals surface area (Å²) in [5.41, 5.74) is 4.53. The molecule has 138 valence electrons. The first-order valence-electron chi connectivity index (χ1n) is 9.09. The molecule has 2 N–H and O–H groups in total. The second-order valence-corrected chi connectivity index (χ2v) is 6.60. The van der Waals surface area contributed by atoms with Crippen molar-refractivity contribution in [3.63, 3.8) is 0 Å². The van der Waals surface area contributed by atoms with Gasteiger partial charge >= 0.3 is 0 Å². The number of aryl methyl sites for hydroxylation is 1. The van der Waals surface area contributed by atoms with Gasteiger partial charge in [0.15, 0.2) is 0 Å². The molecule has 0 unspecified atom stereocenters. The fourth-order valence-electron chi connectivity index (χ4n) is 2.97. The number of para-hydroxylation sites is 1. The molecule has 0 bridgehead atoms. The van der Waals surface area contributed by atoms with Gasteiger partial charge in [0, 0.05) is 29.9 Å². The fourth-order valence-corrected chi connectivity index (χ4v) is 2.97. The molecule has 0 saturated heterocycles. The van der Waals surface area contributed by atoms with Crippen LogP contribution in [0.15, 0.2) is 79.1 Å². The van der Waals surface area contributed by atoms with Crippen LogP contribution in [0.4, 0.5) is 11.5 Å². The first-order valence-corrected chi connectivity index (χ1v) is 9.09. The van der Waals surface area contributed by atoms with Gasteiger partial charge in [-0.25, -0.2) is 4.98 Å². The molecule has 0 atom stereocenters. The molecule has 0 aliphatic carbocycles. The highest BCUT2D eigenvalue weighted by Gasteiger charge is 2.08. The lowest BCUT2D eigenvalue weighted by molar-refractivity contribution is 0.0951. The number of fused-ring (bicyclic) bond motifs is 1. The van der Waals surface area contributed by atoms with E-state index in [0.29, 0.717) is 17.9 Å². The number of nitrogens with one attached hydrogen (secondary N) is 2. The molecule has 0 radical (unpaired) electrons. The second kappa shape index (κ2) is 7.88. The van der Waals surface area contributed by atoms with Gasteiger partial charge in [-0.2, -0.15) is 0 Å². The number of benzene rings is 2. The van der Waals surface area contributed by atoms with Crippen LogP contribution in [0.2, 0.25) is 0 Å². The van der Waals surface area contributed by atoms with Crippen molar-refractivity contribution < 1.29 is 4.79 Å². The zero-order chi connectivity index (χ0) is 19.3. The van der Waals surface area contributed by atoms with Gasteiger partial charge < -0.3 is 10.6 Å². The van der Waals surface area contributed by atoms with Gasteiger partial charge in [-0.3, -0.25) is 9.78 Å². The smallest absolute Gasteiger partial charge is 0.251 e. The van der Waals surface area contributed by atoms with E-state index in [0.717, 1.165) is 22.2 Å². The monoisotopic (exact) mass is 368 g/mol. The molecular weight excluding hydrogens is 348 g/mol. The number of pyridine rings is 2. The molecule has 28 heavy (non-hydrogen) atoms. The number of aromatic nitrogens is 2. The van der Waals surface area contributed by atoms with Gasteiger partial charge in [-0.15, -0.1) is 0 Å². The third-order valence-electron chi connectivity index (χ3n) is 4.49. The lowest BCUT2D eigenvalue weighted by atomic mass is 10.1. The van der Waals surface area contributed by atoms with Gasteiger partial charge in [0.25, 0.3) is 5.91 Å². The van der Waals surface area contributed by atoms with Crippen LogP contribution in [0.1, 0.15) is 21.5 Å². The summed E-state index contributed by atoms with van der Waals surface area (Å²) in [6.45, 7) is 2.52. The average molecular weight is 368 g/mol. The predicted molar refractivity (Wildman–Crippen MR) is 112 cm³/mol. The van der Waals surface area contributed by atoms with E-state index in [-0.39, 0.29) is 5.91 Å². The minimum atomic E-state index is -0.137. The van der Waals surface area contributed by atoms with Gasteiger partial charge in [0.05, 0.1) is 11.2 Å². The molecule has 2 aromatic carbocycles. The summed E-state index contributed by atoms with van der Waals surface area (Å²) in [4.78, 5) is 21.3. The lowest BCUT2D eigenvalue weighted by Gasteiger charge is -2.10. The fraction of sp³-hybridized carbons (Fsp3) is 0.0870. The summed E-state index contributed by atoms with van der Waals surface area (Å²) in [6.07, 6.45) is 3.39. The van der Waals surface area contributed by atoms with E-state index in [1.54, 1.807) is 24.5 Å². The number of amides is 1. The van der Waals surface area contributed by atoms with Crippen LogP contribution < -0.4 is 10.6 Å². The zero-order valence-corrected chi connectivity index (χ0v) is 15.5. The molecule has 2 heterocycles. The summed E-state index contributed by atoms with van der Waals surface area (Å²) < 4.78 is 0. The van der Waals surface area contributed by atoms with E-state index < -0.39 is 0 Å². The standard InChI is InChI=1S/C23H20N4O/c1-16-7-9-17(10-8-16)15-26-23(28)19-11-13-24-21(14-19)27-20-6-2-4-18-5-3-12-25-22(18)20/h2-14H,15H2,1H3,(H,24,27)(H,26,28). The maximum atomic E-state index is 12.5.